The Bertz CT molecular complexity index is 1250. The Hall–Kier alpha value is -2.87. The number of benzene rings is 2. The van der Waals surface area contributed by atoms with Gasteiger partial charge in [0.15, 0.2) is 0 Å². The fourth-order valence-electron chi connectivity index (χ4n) is 4.25. The van der Waals surface area contributed by atoms with Crippen molar-refractivity contribution < 1.29 is 9.59 Å². The Balaban J connectivity index is 1.24. The van der Waals surface area contributed by atoms with Gasteiger partial charge in [0.2, 0.25) is 5.91 Å². The van der Waals surface area contributed by atoms with E-state index in [9.17, 15) is 9.59 Å². The fraction of sp³-hybridized carbons (Fsp3) is 0.393. The standard InChI is InChI=1S/C28H33Cl2N5O2/c1-28(2,3)25-12-24(35(33-25)18-19-7-5-4-6-8-19)27(37)32-14-26(36)31-13-21-16-34(17-21)15-20-9-10-22(29)23(30)11-20/h4-12,21H,13-18H2,1-3H3,(H,31,36)(H,32,37). The van der Waals surface area contributed by atoms with Gasteiger partial charge in [-0.05, 0) is 29.3 Å². The van der Waals surface area contributed by atoms with Crippen molar-refractivity contribution in [2.45, 2.75) is 39.3 Å². The van der Waals surface area contributed by atoms with Crippen LogP contribution in [0.1, 0.15) is 48.1 Å². The van der Waals surface area contributed by atoms with E-state index in [0.717, 1.165) is 36.5 Å². The van der Waals surface area contributed by atoms with Crippen LogP contribution in [0.5, 0.6) is 0 Å². The van der Waals surface area contributed by atoms with E-state index < -0.39 is 0 Å². The van der Waals surface area contributed by atoms with Crippen molar-refractivity contribution in [1.82, 2.24) is 25.3 Å². The Morgan fingerprint density at radius 3 is 2.35 bits per heavy atom. The van der Waals surface area contributed by atoms with Crippen molar-refractivity contribution in [1.29, 1.82) is 0 Å². The number of carbonyl (C=O) groups is 2. The molecule has 0 atom stereocenters. The second-order valence-corrected chi connectivity index (χ2v) is 11.4. The van der Waals surface area contributed by atoms with E-state index in [4.69, 9.17) is 23.2 Å². The number of hydrogen-bond donors (Lipinski definition) is 2. The van der Waals surface area contributed by atoms with Crippen molar-refractivity contribution in [3.63, 3.8) is 0 Å². The molecule has 0 spiro atoms. The topological polar surface area (TPSA) is 79.3 Å². The first-order valence-electron chi connectivity index (χ1n) is 12.4. The molecule has 1 aliphatic heterocycles. The van der Waals surface area contributed by atoms with Gasteiger partial charge in [0.25, 0.3) is 5.91 Å². The Kier molecular flexibility index (Phi) is 8.57. The fourth-order valence-corrected chi connectivity index (χ4v) is 4.57. The van der Waals surface area contributed by atoms with Crippen molar-refractivity contribution in [2.24, 2.45) is 5.92 Å². The minimum atomic E-state index is -0.314. The number of carbonyl (C=O) groups excluding carboxylic acids is 2. The van der Waals surface area contributed by atoms with Crippen LogP contribution in [0.2, 0.25) is 10.0 Å². The molecule has 0 unspecified atom stereocenters. The van der Waals surface area contributed by atoms with E-state index >= 15 is 0 Å². The summed E-state index contributed by atoms with van der Waals surface area (Å²) in [5, 5.41) is 11.5. The van der Waals surface area contributed by atoms with Crippen LogP contribution in [0.4, 0.5) is 0 Å². The zero-order valence-electron chi connectivity index (χ0n) is 21.4. The monoisotopic (exact) mass is 541 g/mol. The highest BCUT2D eigenvalue weighted by atomic mass is 35.5. The van der Waals surface area contributed by atoms with Gasteiger partial charge in [-0.15, -0.1) is 0 Å². The Morgan fingerprint density at radius 2 is 1.68 bits per heavy atom. The molecule has 1 fully saturated rings. The van der Waals surface area contributed by atoms with E-state index in [0.29, 0.717) is 34.7 Å². The quantitative estimate of drug-likeness (QED) is 0.417. The third kappa shape index (κ3) is 7.34. The van der Waals surface area contributed by atoms with Crippen LogP contribution in [0.25, 0.3) is 0 Å². The predicted molar refractivity (Wildman–Crippen MR) is 147 cm³/mol. The molecular weight excluding hydrogens is 509 g/mol. The number of nitrogens with zero attached hydrogens (tertiary/aromatic N) is 3. The van der Waals surface area contributed by atoms with Gasteiger partial charge in [-0.25, -0.2) is 0 Å². The molecule has 0 bridgehead atoms. The zero-order valence-corrected chi connectivity index (χ0v) is 22.9. The first kappa shape index (κ1) is 27.2. The van der Waals surface area contributed by atoms with E-state index in [1.165, 1.54) is 0 Å². The number of nitrogens with one attached hydrogen (secondary N) is 2. The highest BCUT2D eigenvalue weighted by molar-refractivity contribution is 6.42. The largest absolute Gasteiger partial charge is 0.354 e. The molecule has 1 aliphatic rings. The smallest absolute Gasteiger partial charge is 0.270 e. The molecule has 7 nitrogen and oxygen atoms in total. The van der Waals surface area contributed by atoms with Crippen LogP contribution in [0.3, 0.4) is 0 Å². The summed E-state index contributed by atoms with van der Waals surface area (Å²) in [6.07, 6.45) is 0. The third-order valence-corrected chi connectivity index (χ3v) is 7.12. The van der Waals surface area contributed by atoms with Gasteiger partial charge in [0.1, 0.15) is 5.69 Å². The molecule has 37 heavy (non-hydrogen) atoms. The molecule has 2 amide bonds. The lowest BCUT2D eigenvalue weighted by molar-refractivity contribution is -0.120. The van der Waals surface area contributed by atoms with Crippen LogP contribution < -0.4 is 10.6 Å². The van der Waals surface area contributed by atoms with Gasteiger partial charge >= 0.3 is 0 Å². The number of aromatic nitrogens is 2. The molecule has 0 radical (unpaired) electrons. The second kappa shape index (κ2) is 11.7. The second-order valence-electron chi connectivity index (χ2n) is 10.6. The molecule has 1 aromatic heterocycles. The minimum absolute atomic E-state index is 0.0834. The summed E-state index contributed by atoms with van der Waals surface area (Å²) in [4.78, 5) is 27.7. The van der Waals surface area contributed by atoms with Gasteiger partial charge in [0.05, 0.1) is 28.8 Å². The summed E-state index contributed by atoms with van der Waals surface area (Å²) in [6.45, 7) is 9.72. The molecule has 3 aromatic rings. The lowest BCUT2D eigenvalue weighted by Crippen LogP contribution is -2.51. The van der Waals surface area contributed by atoms with Crippen molar-refractivity contribution in [3.8, 4) is 0 Å². The average Bonchev–Trinajstić information content (AvgIpc) is 3.26. The molecule has 4 rings (SSSR count). The van der Waals surface area contributed by atoms with Crippen LogP contribution in [0, 0.1) is 5.92 Å². The van der Waals surface area contributed by atoms with Gasteiger partial charge in [-0.1, -0.05) is 80.4 Å². The van der Waals surface area contributed by atoms with Crippen molar-refractivity contribution >= 4 is 35.0 Å². The SMILES string of the molecule is CC(C)(C)c1cc(C(=O)NCC(=O)NCC2CN(Cc3ccc(Cl)c(Cl)c3)C2)n(Cc2ccccc2)n1. The van der Waals surface area contributed by atoms with E-state index in [1.54, 1.807) is 4.68 Å². The minimum Gasteiger partial charge on any atom is -0.354 e. The van der Waals surface area contributed by atoms with Crippen LogP contribution in [-0.4, -0.2) is 52.7 Å². The predicted octanol–water partition coefficient (Wildman–Crippen LogP) is 4.51. The summed E-state index contributed by atoms with van der Waals surface area (Å²) in [6, 6.07) is 17.4. The highest BCUT2D eigenvalue weighted by Gasteiger charge is 2.27. The van der Waals surface area contributed by atoms with Crippen molar-refractivity contribution in [2.75, 3.05) is 26.2 Å². The van der Waals surface area contributed by atoms with Crippen molar-refractivity contribution in [3.05, 3.63) is 87.2 Å². The van der Waals surface area contributed by atoms with Crippen LogP contribution in [-0.2, 0) is 23.3 Å². The van der Waals surface area contributed by atoms with Gasteiger partial charge in [-0.3, -0.25) is 19.2 Å². The number of amides is 2. The molecule has 9 heteroatoms. The lowest BCUT2D eigenvalue weighted by Gasteiger charge is -2.39. The molecule has 1 saturated heterocycles. The summed E-state index contributed by atoms with van der Waals surface area (Å²) < 4.78 is 1.71. The molecule has 0 saturated carbocycles. The number of halogens is 2. The van der Waals surface area contributed by atoms with Gasteiger partial charge in [0, 0.05) is 37.5 Å². The molecule has 2 aromatic carbocycles. The molecule has 2 N–H and O–H groups in total. The van der Waals surface area contributed by atoms with Gasteiger partial charge < -0.3 is 10.6 Å². The molecular formula is C28H33Cl2N5O2. The summed E-state index contributed by atoms with van der Waals surface area (Å²) >= 11 is 12.1. The summed E-state index contributed by atoms with van der Waals surface area (Å²) in [5.74, 6) is -0.143. The van der Waals surface area contributed by atoms with Gasteiger partial charge in [-0.2, -0.15) is 5.10 Å². The number of rotatable bonds is 9. The maximum atomic E-state index is 13.0. The maximum Gasteiger partial charge on any atom is 0.270 e. The number of likely N-dealkylation sites (tertiary alicyclic amines) is 1. The average molecular weight is 543 g/mol. The highest BCUT2D eigenvalue weighted by Crippen LogP contribution is 2.25. The van der Waals surface area contributed by atoms with E-state index in [1.807, 2.05) is 54.6 Å². The summed E-state index contributed by atoms with van der Waals surface area (Å²) in [7, 11) is 0. The summed E-state index contributed by atoms with van der Waals surface area (Å²) in [5.41, 5.74) is 3.23. The zero-order chi connectivity index (χ0) is 26.6. The van der Waals surface area contributed by atoms with E-state index in [2.05, 4.69) is 41.4 Å². The molecule has 0 aliphatic carbocycles. The maximum absolute atomic E-state index is 13.0. The third-order valence-electron chi connectivity index (χ3n) is 6.38. The Labute approximate surface area is 228 Å². The number of hydrogen-bond acceptors (Lipinski definition) is 4. The molecule has 2 heterocycles. The van der Waals surface area contributed by atoms with E-state index in [-0.39, 0.29) is 23.8 Å². The normalized spacial score (nSPS) is 14.3. The first-order chi connectivity index (χ1) is 17.6. The van der Waals surface area contributed by atoms with Crippen LogP contribution in [0.15, 0.2) is 54.6 Å². The lowest BCUT2D eigenvalue weighted by atomic mass is 9.92. The Morgan fingerprint density at radius 1 is 0.946 bits per heavy atom. The van der Waals surface area contributed by atoms with Crippen LogP contribution >= 0.6 is 23.2 Å². The molecule has 196 valence electrons. The first-order valence-corrected chi connectivity index (χ1v) is 13.2.